The lowest BCUT2D eigenvalue weighted by molar-refractivity contribution is -0.252. The first-order chi connectivity index (χ1) is 10.3. The topological polar surface area (TPSA) is 119 Å². The van der Waals surface area contributed by atoms with E-state index in [1.165, 1.54) is 18.2 Å². The molecule has 1 aromatic carbocycles. The Morgan fingerprint density at radius 3 is 2.27 bits per heavy atom. The predicted octanol–water partition coefficient (Wildman–Crippen LogP) is -0.477. The Morgan fingerprint density at radius 1 is 1.14 bits per heavy atom. The van der Waals surface area contributed by atoms with Crippen molar-refractivity contribution in [2.75, 3.05) is 6.61 Å². The SMILES string of the molecule is O=C(NC1C(O)OC(CO)C(O)C1O)c1cc(Cl)cc(Cl)c1. The molecule has 5 atom stereocenters. The molecule has 1 aromatic rings. The van der Waals surface area contributed by atoms with Crippen molar-refractivity contribution in [3.05, 3.63) is 33.8 Å². The summed E-state index contributed by atoms with van der Waals surface area (Å²) in [6.45, 7) is -0.583. The van der Waals surface area contributed by atoms with E-state index in [0.717, 1.165) is 0 Å². The zero-order valence-electron chi connectivity index (χ0n) is 11.2. The van der Waals surface area contributed by atoms with Crippen LogP contribution < -0.4 is 5.32 Å². The zero-order chi connectivity index (χ0) is 16.4. The maximum Gasteiger partial charge on any atom is 0.251 e. The van der Waals surface area contributed by atoms with Gasteiger partial charge in [0.05, 0.1) is 6.61 Å². The Labute approximate surface area is 136 Å². The predicted molar refractivity (Wildman–Crippen MR) is 77.7 cm³/mol. The number of nitrogens with one attached hydrogen (secondary N) is 1. The Balaban J connectivity index is 2.13. The number of halogens is 2. The highest BCUT2D eigenvalue weighted by atomic mass is 35.5. The maximum absolute atomic E-state index is 12.1. The van der Waals surface area contributed by atoms with Crippen LogP contribution in [0.5, 0.6) is 0 Å². The monoisotopic (exact) mass is 351 g/mol. The highest BCUT2D eigenvalue weighted by Gasteiger charge is 2.44. The number of ether oxygens (including phenoxy) is 1. The Kier molecular flexibility index (Phi) is 5.62. The van der Waals surface area contributed by atoms with Gasteiger partial charge in [-0.05, 0) is 18.2 Å². The Hall–Kier alpha value is -0.930. The molecule has 9 heteroatoms. The van der Waals surface area contributed by atoms with Crippen LogP contribution in [0, 0.1) is 0 Å². The molecule has 1 heterocycles. The fourth-order valence-corrected chi connectivity index (χ4v) is 2.70. The van der Waals surface area contributed by atoms with Crippen LogP contribution in [0.25, 0.3) is 0 Å². The van der Waals surface area contributed by atoms with Gasteiger partial charge in [0.1, 0.15) is 24.4 Å². The summed E-state index contributed by atoms with van der Waals surface area (Å²) in [5, 5.41) is 41.3. The van der Waals surface area contributed by atoms with Crippen LogP contribution in [0.1, 0.15) is 10.4 Å². The van der Waals surface area contributed by atoms with E-state index in [2.05, 4.69) is 5.32 Å². The van der Waals surface area contributed by atoms with Gasteiger partial charge in [-0.25, -0.2) is 0 Å². The van der Waals surface area contributed by atoms with Gasteiger partial charge in [0.2, 0.25) is 0 Å². The van der Waals surface area contributed by atoms with Gasteiger partial charge < -0.3 is 30.5 Å². The Morgan fingerprint density at radius 2 is 1.73 bits per heavy atom. The summed E-state index contributed by atoms with van der Waals surface area (Å²) < 4.78 is 4.94. The van der Waals surface area contributed by atoms with Crippen LogP contribution >= 0.6 is 23.2 Å². The molecule has 122 valence electrons. The smallest absolute Gasteiger partial charge is 0.251 e. The van der Waals surface area contributed by atoms with Crippen LogP contribution in [-0.4, -0.2) is 63.6 Å². The van der Waals surface area contributed by atoms with E-state index in [1.807, 2.05) is 0 Å². The fourth-order valence-electron chi connectivity index (χ4n) is 2.17. The molecule has 1 aliphatic rings. The summed E-state index contributed by atoms with van der Waals surface area (Å²) in [6.07, 6.45) is -5.70. The van der Waals surface area contributed by atoms with Gasteiger partial charge in [0, 0.05) is 15.6 Å². The standard InChI is InChI=1S/C13H15Cl2NO6/c14-6-1-5(2-7(15)3-6)12(20)16-9-11(19)10(18)8(4-17)22-13(9)21/h1-3,8-11,13,17-19,21H,4H2,(H,16,20). The van der Waals surface area contributed by atoms with Crippen molar-refractivity contribution >= 4 is 29.1 Å². The summed E-state index contributed by atoms with van der Waals surface area (Å²) in [4.78, 5) is 12.1. The van der Waals surface area contributed by atoms with E-state index < -0.39 is 43.2 Å². The average molecular weight is 352 g/mol. The van der Waals surface area contributed by atoms with Crippen molar-refractivity contribution in [3.8, 4) is 0 Å². The largest absolute Gasteiger partial charge is 0.394 e. The minimum absolute atomic E-state index is 0.121. The van der Waals surface area contributed by atoms with Crippen LogP contribution in [0.15, 0.2) is 18.2 Å². The van der Waals surface area contributed by atoms with E-state index in [1.54, 1.807) is 0 Å². The molecule has 0 aliphatic carbocycles. The Bertz CT molecular complexity index is 537. The van der Waals surface area contributed by atoms with Gasteiger partial charge in [-0.1, -0.05) is 23.2 Å². The molecule has 0 spiro atoms. The minimum Gasteiger partial charge on any atom is -0.394 e. The summed E-state index contributed by atoms with van der Waals surface area (Å²) in [5.41, 5.74) is 0.121. The molecule has 1 amide bonds. The number of benzene rings is 1. The number of amides is 1. The molecule has 1 fully saturated rings. The number of hydrogen-bond acceptors (Lipinski definition) is 6. The second-order valence-electron chi connectivity index (χ2n) is 4.89. The molecule has 0 saturated carbocycles. The van der Waals surface area contributed by atoms with E-state index >= 15 is 0 Å². The van der Waals surface area contributed by atoms with Crippen molar-refractivity contribution in [2.45, 2.75) is 30.6 Å². The third kappa shape index (κ3) is 3.69. The quantitative estimate of drug-likeness (QED) is 0.502. The molecule has 22 heavy (non-hydrogen) atoms. The van der Waals surface area contributed by atoms with Crippen molar-refractivity contribution < 1.29 is 30.0 Å². The molecular weight excluding hydrogens is 337 g/mol. The molecule has 5 N–H and O–H groups in total. The maximum atomic E-state index is 12.1. The molecule has 2 rings (SSSR count). The first-order valence-corrected chi connectivity index (χ1v) is 7.16. The normalized spacial score (nSPS) is 31.8. The highest BCUT2D eigenvalue weighted by Crippen LogP contribution is 2.22. The van der Waals surface area contributed by atoms with Gasteiger partial charge in [-0.2, -0.15) is 0 Å². The lowest BCUT2D eigenvalue weighted by Gasteiger charge is -2.40. The summed E-state index contributed by atoms with van der Waals surface area (Å²) in [7, 11) is 0. The van der Waals surface area contributed by atoms with Crippen LogP contribution in [0.2, 0.25) is 10.0 Å². The van der Waals surface area contributed by atoms with E-state index in [9.17, 15) is 20.1 Å². The third-order valence-electron chi connectivity index (χ3n) is 3.32. The molecule has 7 nitrogen and oxygen atoms in total. The van der Waals surface area contributed by atoms with Crippen molar-refractivity contribution in [1.82, 2.24) is 5.32 Å². The molecule has 0 bridgehead atoms. The number of rotatable bonds is 3. The van der Waals surface area contributed by atoms with Gasteiger partial charge >= 0.3 is 0 Å². The lowest BCUT2D eigenvalue weighted by Crippen LogP contribution is -2.64. The van der Waals surface area contributed by atoms with E-state index in [4.69, 9.17) is 33.0 Å². The number of hydrogen-bond donors (Lipinski definition) is 5. The first kappa shape index (κ1) is 17.4. The van der Waals surface area contributed by atoms with Gasteiger partial charge in [0.15, 0.2) is 6.29 Å². The summed E-state index contributed by atoms with van der Waals surface area (Å²) in [5.74, 6) is -0.661. The lowest BCUT2D eigenvalue weighted by atomic mass is 9.97. The van der Waals surface area contributed by atoms with Gasteiger partial charge in [0.25, 0.3) is 5.91 Å². The summed E-state index contributed by atoms with van der Waals surface area (Å²) >= 11 is 11.6. The molecule has 5 unspecified atom stereocenters. The van der Waals surface area contributed by atoms with Crippen LogP contribution in [0.4, 0.5) is 0 Å². The minimum atomic E-state index is -1.59. The summed E-state index contributed by atoms with van der Waals surface area (Å²) in [6, 6.07) is 2.89. The number of carbonyl (C=O) groups is 1. The molecule has 0 aromatic heterocycles. The molecule has 1 saturated heterocycles. The molecular formula is C13H15Cl2NO6. The molecule has 1 aliphatic heterocycles. The number of aliphatic hydroxyl groups excluding tert-OH is 4. The van der Waals surface area contributed by atoms with Gasteiger partial charge in [-0.3, -0.25) is 4.79 Å². The average Bonchev–Trinajstić information content (AvgIpc) is 2.46. The van der Waals surface area contributed by atoms with Crippen LogP contribution in [-0.2, 0) is 4.74 Å². The highest BCUT2D eigenvalue weighted by molar-refractivity contribution is 6.35. The fraction of sp³-hybridized carbons (Fsp3) is 0.462. The number of aliphatic hydroxyl groups is 4. The molecule has 0 radical (unpaired) electrons. The van der Waals surface area contributed by atoms with Gasteiger partial charge in [-0.15, -0.1) is 0 Å². The van der Waals surface area contributed by atoms with Crippen molar-refractivity contribution in [1.29, 1.82) is 0 Å². The first-order valence-electron chi connectivity index (χ1n) is 6.41. The van der Waals surface area contributed by atoms with Crippen molar-refractivity contribution in [2.24, 2.45) is 0 Å². The van der Waals surface area contributed by atoms with E-state index in [-0.39, 0.29) is 15.6 Å². The number of carbonyl (C=O) groups excluding carboxylic acids is 1. The van der Waals surface area contributed by atoms with Crippen molar-refractivity contribution in [3.63, 3.8) is 0 Å². The van der Waals surface area contributed by atoms with Crippen LogP contribution in [0.3, 0.4) is 0 Å². The second-order valence-corrected chi connectivity index (χ2v) is 5.76. The zero-order valence-corrected chi connectivity index (χ0v) is 12.7. The van der Waals surface area contributed by atoms with E-state index in [0.29, 0.717) is 0 Å². The third-order valence-corrected chi connectivity index (χ3v) is 3.76. The second kappa shape index (κ2) is 7.10.